The van der Waals surface area contributed by atoms with Crippen LogP contribution in [0.1, 0.15) is 32.6 Å². The van der Waals surface area contributed by atoms with Crippen LogP contribution in [0.2, 0.25) is 0 Å². The van der Waals surface area contributed by atoms with E-state index in [9.17, 15) is 43.7 Å². The number of carbonyl (C=O) groups excluding carboxylic acids is 3. The fraction of sp³-hybridized carbons (Fsp3) is 0.833. The molecule has 17 heteroatoms. The summed E-state index contributed by atoms with van der Waals surface area (Å²) in [6.07, 6.45) is -0.351. The molecule has 0 radical (unpaired) electrons. The predicted octanol–water partition coefficient (Wildman–Crippen LogP) is -3.74. The van der Waals surface area contributed by atoms with Crippen LogP contribution in [0.15, 0.2) is 0 Å². The first-order valence-electron chi connectivity index (χ1n) is 11.6. The van der Waals surface area contributed by atoms with E-state index in [1.807, 2.05) is 6.92 Å². The van der Waals surface area contributed by atoms with Gasteiger partial charge in [-0.15, -0.1) is 0 Å². The van der Waals surface area contributed by atoms with Crippen molar-refractivity contribution in [2.45, 2.75) is 32.6 Å². The monoisotopic (exact) mass is 550 g/mol. The summed E-state index contributed by atoms with van der Waals surface area (Å²) in [5.41, 5.74) is 0. The fourth-order valence-corrected chi connectivity index (χ4v) is 4.91. The van der Waals surface area contributed by atoms with Gasteiger partial charge < -0.3 is 16.0 Å². The normalized spacial score (nSPS) is 12.9. The van der Waals surface area contributed by atoms with Gasteiger partial charge in [0.25, 0.3) is 0 Å². The molecule has 0 aromatic heterocycles. The molecule has 0 bridgehead atoms. The van der Waals surface area contributed by atoms with Gasteiger partial charge in [0, 0.05) is 32.6 Å². The Bertz CT molecular complexity index is 604. The summed E-state index contributed by atoms with van der Waals surface area (Å²) >= 11 is 0. The van der Waals surface area contributed by atoms with Gasteiger partial charge >= 0.3 is 134 Å². The van der Waals surface area contributed by atoms with Gasteiger partial charge in [0.1, 0.15) is 0 Å². The molecule has 3 amide bonds. The molecule has 0 aromatic carbocycles. The van der Waals surface area contributed by atoms with Gasteiger partial charge in [-0.1, -0.05) is 6.92 Å². The van der Waals surface area contributed by atoms with Crippen LogP contribution in [-0.4, -0.2) is 117 Å². The third-order valence-electron chi connectivity index (χ3n) is 4.45. The summed E-state index contributed by atoms with van der Waals surface area (Å²) in [7, 11) is -9.02. The van der Waals surface area contributed by atoms with Gasteiger partial charge in [-0.05, 0) is 6.54 Å². The summed E-state index contributed by atoms with van der Waals surface area (Å²) in [6, 6.07) is 0. The third-order valence-corrected chi connectivity index (χ3v) is 6.19. The standard InChI is InChI=1S/C18H44N6O9P2/c1-2-19-7-5-17(26)21-10-9-20-8-6-18(27)23-12-11-22-16(25)4-3-13-24(14-34(28,29)30)15-35(31,32)33/h19-20,28-35H,2-15H2,1H3,(H,21,26)(H,22,25)(H,23,27). The molecule has 0 heterocycles. The summed E-state index contributed by atoms with van der Waals surface area (Å²) < 4.78 is 0. The third kappa shape index (κ3) is 24.4. The molecule has 11 N–H and O–H groups in total. The van der Waals surface area contributed by atoms with Crippen molar-refractivity contribution in [3.63, 3.8) is 0 Å². The molecule has 0 fully saturated rings. The molecule has 15 nitrogen and oxygen atoms in total. The summed E-state index contributed by atoms with van der Waals surface area (Å²) in [4.78, 5) is 91.3. The van der Waals surface area contributed by atoms with E-state index in [1.165, 1.54) is 0 Å². The van der Waals surface area contributed by atoms with E-state index in [1.54, 1.807) is 0 Å². The predicted molar refractivity (Wildman–Crippen MR) is 135 cm³/mol. The zero-order valence-corrected chi connectivity index (χ0v) is 22.3. The molecule has 35 heavy (non-hydrogen) atoms. The molecule has 0 rings (SSSR count). The topological polar surface area (TPSA) is 236 Å². The Morgan fingerprint density at radius 2 is 1.06 bits per heavy atom. The van der Waals surface area contributed by atoms with Gasteiger partial charge in [-0.3, -0.25) is 4.79 Å². The van der Waals surface area contributed by atoms with Crippen LogP contribution < -0.4 is 26.6 Å². The number of nitrogens with zero attached hydrogens (tertiary/aromatic N) is 1. The molecule has 0 aliphatic carbocycles. The van der Waals surface area contributed by atoms with E-state index in [0.717, 1.165) is 11.4 Å². The molecule has 0 unspecified atom stereocenters. The Balaban J connectivity index is 3.81. The van der Waals surface area contributed by atoms with Crippen LogP contribution in [0.4, 0.5) is 0 Å². The van der Waals surface area contributed by atoms with Crippen molar-refractivity contribution in [1.82, 2.24) is 31.5 Å². The van der Waals surface area contributed by atoms with Crippen LogP contribution in [0.5, 0.6) is 0 Å². The number of hydrogen-bond acceptors (Lipinski definition) is 12. The zero-order chi connectivity index (χ0) is 26.7. The number of rotatable bonds is 21. The van der Waals surface area contributed by atoms with E-state index < -0.39 is 28.5 Å². The van der Waals surface area contributed by atoms with E-state index in [2.05, 4.69) is 26.6 Å². The zero-order valence-electron chi connectivity index (χ0n) is 20.3. The second kappa shape index (κ2) is 19.1. The SMILES string of the molecule is CCNCCC(=O)NCCNCCC(=O)NCCNC(=O)CCCN(C[PH](O)(O)O)C[PH](O)(O)O. The molecule has 0 saturated heterocycles. The van der Waals surface area contributed by atoms with Gasteiger partial charge in [0.05, 0.1) is 0 Å². The van der Waals surface area contributed by atoms with E-state index in [0.29, 0.717) is 32.6 Å². The van der Waals surface area contributed by atoms with Crippen molar-refractivity contribution in [2.75, 3.05) is 64.9 Å². The maximum atomic E-state index is 11.9. The minimum absolute atomic E-state index is 0.0176. The average Bonchev–Trinajstić information content (AvgIpc) is 2.71. The molecule has 210 valence electrons. The molecular formula is C18H44N6O9P2. The second-order valence-electron chi connectivity index (χ2n) is 8.02. The van der Waals surface area contributed by atoms with Crippen molar-refractivity contribution in [1.29, 1.82) is 0 Å². The van der Waals surface area contributed by atoms with E-state index in [4.69, 9.17) is 0 Å². The van der Waals surface area contributed by atoms with Crippen molar-refractivity contribution in [3.05, 3.63) is 0 Å². The van der Waals surface area contributed by atoms with Crippen LogP contribution in [0.25, 0.3) is 0 Å². The molecule has 0 aliphatic heterocycles. The maximum absolute atomic E-state index is 11.9. The minimum atomic E-state index is -4.51. The molecule has 0 saturated carbocycles. The van der Waals surface area contributed by atoms with Gasteiger partial charge in [-0.25, -0.2) is 0 Å². The van der Waals surface area contributed by atoms with Crippen LogP contribution >= 0.6 is 15.9 Å². The molecule has 0 spiro atoms. The molecule has 0 aliphatic rings. The van der Waals surface area contributed by atoms with Crippen molar-refractivity contribution >= 4 is 33.6 Å². The fourth-order valence-electron chi connectivity index (χ4n) is 2.94. The van der Waals surface area contributed by atoms with Gasteiger partial charge in [-0.2, -0.15) is 0 Å². The Kier molecular flexibility index (Phi) is 18.5. The summed E-state index contributed by atoms with van der Waals surface area (Å²) in [6.45, 7) is 5.35. The molecule has 0 atom stereocenters. The Labute approximate surface area is 206 Å². The first-order valence-corrected chi connectivity index (χ1v) is 15.7. The van der Waals surface area contributed by atoms with Crippen molar-refractivity contribution in [2.24, 2.45) is 0 Å². The first-order chi connectivity index (χ1) is 16.3. The molecule has 0 aromatic rings. The first kappa shape index (κ1) is 33.9. The number of hydrogen-bond donors (Lipinski definition) is 11. The number of amides is 3. The Morgan fingerprint density at radius 1 is 0.629 bits per heavy atom. The summed E-state index contributed by atoms with van der Waals surface area (Å²) in [5.74, 6) is -0.543. The van der Waals surface area contributed by atoms with Crippen LogP contribution in [0, 0.1) is 0 Å². The van der Waals surface area contributed by atoms with Gasteiger partial charge in [0.15, 0.2) is 0 Å². The van der Waals surface area contributed by atoms with Gasteiger partial charge in [0.2, 0.25) is 5.91 Å². The Morgan fingerprint density at radius 3 is 1.51 bits per heavy atom. The van der Waals surface area contributed by atoms with Crippen LogP contribution in [0.3, 0.4) is 0 Å². The van der Waals surface area contributed by atoms with Crippen molar-refractivity contribution < 1.29 is 43.7 Å². The molecular weight excluding hydrogens is 506 g/mol. The Hall–Kier alpha value is -1.09. The summed E-state index contributed by atoms with van der Waals surface area (Å²) in [5, 5.41) is 14.2. The number of nitrogens with one attached hydrogen (secondary N) is 5. The van der Waals surface area contributed by atoms with Crippen molar-refractivity contribution in [3.8, 4) is 0 Å². The average molecular weight is 551 g/mol. The van der Waals surface area contributed by atoms with E-state index in [-0.39, 0.29) is 56.6 Å². The quantitative estimate of drug-likeness (QED) is 0.0489. The van der Waals surface area contributed by atoms with Crippen LogP contribution in [-0.2, 0) is 14.4 Å². The van der Waals surface area contributed by atoms with E-state index >= 15 is 0 Å². The number of carbonyl (C=O) groups is 3. The second-order valence-corrected chi connectivity index (χ2v) is 11.7.